The summed E-state index contributed by atoms with van der Waals surface area (Å²) in [5.74, 6) is -0.297. The Kier molecular flexibility index (Phi) is 3.59. The number of alkyl halides is 1. The first-order valence-corrected chi connectivity index (χ1v) is 4.36. The number of hydrogen-bond donors (Lipinski definition) is 0. The molecule has 0 fully saturated rings. The first-order valence-electron chi connectivity index (χ1n) is 3.83. The molecule has 0 N–H and O–H groups in total. The van der Waals surface area contributed by atoms with Crippen LogP contribution in [0.25, 0.3) is 0 Å². The zero-order valence-corrected chi connectivity index (χ0v) is 8.25. The highest BCUT2D eigenvalue weighted by atomic mass is 35.5. The summed E-state index contributed by atoms with van der Waals surface area (Å²) in [6.07, 6.45) is 0. The van der Waals surface area contributed by atoms with E-state index < -0.39 is 5.97 Å². The van der Waals surface area contributed by atoms with Gasteiger partial charge in [-0.3, -0.25) is 0 Å². The summed E-state index contributed by atoms with van der Waals surface area (Å²) in [4.78, 5) is 21.4. The van der Waals surface area contributed by atoms with E-state index in [4.69, 9.17) is 11.6 Å². The molecule has 0 atom stereocenters. The van der Waals surface area contributed by atoms with Gasteiger partial charge in [0.05, 0.1) is 12.7 Å². The number of nitrogens with zero attached hydrogens (tertiary/aromatic N) is 1. The number of esters is 1. The van der Waals surface area contributed by atoms with Gasteiger partial charge in [0.25, 0.3) is 0 Å². The molecule has 0 radical (unpaired) electrons. The molecule has 1 aromatic rings. The molecule has 0 aromatic heterocycles. The van der Waals surface area contributed by atoms with E-state index in [9.17, 15) is 9.70 Å². The van der Waals surface area contributed by atoms with E-state index in [1.54, 1.807) is 6.07 Å². The molecule has 0 bridgehead atoms. The summed E-state index contributed by atoms with van der Waals surface area (Å²) in [6.45, 7) is 0. The standard InChI is InChI=1S/C9H8ClNO3/c1-14-9(12)7-2-6(5-10)3-8(4-7)11-13/h2-4H,5H2,1H3. The van der Waals surface area contributed by atoms with Gasteiger partial charge in [0.1, 0.15) is 5.69 Å². The van der Waals surface area contributed by atoms with Crippen LogP contribution in [-0.2, 0) is 10.6 Å². The minimum Gasteiger partial charge on any atom is -0.465 e. The quantitative estimate of drug-likeness (QED) is 0.441. The van der Waals surface area contributed by atoms with E-state index in [0.717, 1.165) is 0 Å². The molecule has 0 unspecified atom stereocenters. The van der Waals surface area contributed by atoms with Gasteiger partial charge in [-0.15, -0.1) is 16.5 Å². The Morgan fingerprint density at radius 3 is 2.71 bits per heavy atom. The summed E-state index contributed by atoms with van der Waals surface area (Å²) >= 11 is 5.58. The predicted octanol–water partition coefficient (Wildman–Crippen LogP) is 2.61. The Labute approximate surface area is 85.8 Å². The van der Waals surface area contributed by atoms with Crippen molar-refractivity contribution in [3.05, 3.63) is 34.2 Å². The molecule has 0 heterocycles. The molecule has 0 spiro atoms. The Bertz CT molecular complexity index is 365. The molecule has 5 heteroatoms. The number of ether oxygens (including phenoxy) is 1. The molecule has 0 saturated heterocycles. The summed E-state index contributed by atoms with van der Waals surface area (Å²) in [5, 5.41) is 2.74. The van der Waals surface area contributed by atoms with Crippen molar-refractivity contribution in [2.24, 2.45) is 5.18 Å². The Balaban J connectivity index is 3.16. The van der Waals surface area contributed by atoms with Crippen molar-refractivity contribution >= 4 is 23.3 Å². The number of carbonyl (C=O) groups is 1. The van der Waals surface area contributed by atoms with Crippen LogP contribution in [0.15, 0.2) is 23.4 Å². The smallest absolute Gasteiger partial charge is 0.337 e. The van der Waals surface area contributed by atoms with E-state index in [-0.39, 0.29) is 17.1 Å². The molecule has 14 heavy (non-hydrogen) atoms. The van der Waals surface area contributed by atoms with Crippen LogP contribution in [0, 0.1) is 4.91 Å². The lowest BCUT2D eigenvalue weighted by Gasteiger charge is -2.02. The number of methoxy groups -OCH3 is 1. The molecule has 74 valence electrons. The van der Waals surface area contributed by atoms with Crippen LogP contribution >= 0.6 is 11.6 Å². The monoisotopic (exact) mass is 213 g/mol. The zero-order chi connectivity index (χ0) is 10.6. The third-order valence-electron chi connectivity index (χ3n) is 1.66. The molecule has 0 amide bonds. The van der Waals surface area contributed by atoms with Gasteiger partial charge in [0.2, 0.25) is 0 Å². The maximum atomic E-state index is 11.1. The SMILES string of the molecule is COC(=O)c1cc(CCl)cc(N=O)c1. The molecule has 0 aliphatic carbocycles. The van der Waals surface area contributed by atoms with E-state index in [0.29, 0.717) is 5.56 Å². The third-order valence-corrected chi connectivity index (χ3v) is 1.97. The Morgan fingerprint density at radius 1 is 1.50 bits per heavy atom. The minimum atomic E-state index is -0.512. The van der Waals surface area contributed by atoms with Crippen molar-refractivity contribution in [3.8, 4) is 0 Å². The first kappa shape index (κ1) is 10.7. The maximum Gasteiger partial charge on any atom is 0.337 e. The molecule has 4 nitrogen and oxygen atoms in total. The Morgan fingerprint density at radius 2 is 2.21 bits per heavy atom. The molecule has 0 saturated carbocycles. The van der Waals surface area contributed by atoms with E-state index in [1.807, 2.05) is 0 Å². The second-order valence-corrected chi connectivity index (χ2v) is 2.87. The first-order chi connectivity index (χ1) is 6.71. The van der Waals surface area contributed by atoms with Gasteiger partial charge in [0.15, 0.2) is 0 Å². The third kappa shape index (κ3) is 2.29. The summed E-state index contributed by atoms with van der Waals surface area (Å²) in [6, 6.07) is 4.44. The van der Waals surface area contributed by atoms with Crippen LogP contribution in [0.1, 0.15) is 15.9 Å². The average Bonchev–Trinajstić information content (AvgIpc) is 2.27. The van der Waals surface area contributed by atoms with Gasteiger partial charge in [-0.25, -0.2) is 4.79 Å². The lowest BCUT2D eigenvalue weighted by atomic mass is 10.1. The topological polar surface area (TPSA) is 55.7 Å². The van der Waals surface area contributed by atoms with E-state index in [1.165, 1.54) is 19.2 Å². The van der Waals surface area contributed by atoms with Gasteiger partial charge in [-0.1, -0.05) is 0 Å². The van der Waals surface area contributed by atoms with Gasteiger partial charge in [-0.2, -0.15) is 0 Å². The molecular weight excluding hydrogens is 206 g/mol. The number of benzene rings is 1. The highest BCUT2D eigenvalue weighted by molar-refractivity contribution is 6.17. The van der Waals surface area contributed by atoms with Crippen molar-refractivity contribution in [2.45, 2.75) is 5.88 Å². The predicted molar refractivity (Wildman–Crippen MR) is 52.8 cm³/mol. The second-order valence-electron chi connectivity index (χ2n) is 2.60. The normalized spacial score (nSPS) is 9.57. The summed E-state index contributed by atoms with van der Waals surface area (Å²) in [5.41, 5.74) is 1.10. The number of carbonyl (C=O) groups excluding carboxylic acids is 1. The largest absolute Gasteiger partial charge is 0.465 e. The van der Waals surface area contributed by atoms with Gasteiger partial charge >= 0.3 is 5.97 Å². The van der Waals surface area contributed by atoms with Crippen molar-refractivity contribution < 1.29 is 9.53 Å². The summed E-state index contributed by atoms with van der Waals surface area (Å²) in [7, 11) is 1.27. The van der Waals surface area contributed by atoms with Crippen molar-refractivity contribution in [1.29, 1.82) is 0 Å². The van der Waals surface area contributed by atoms with Gasteiger partial charge in [-0.05, 0) is 28.9 Å². The molecular formula is C9H8ClNO3. The van der Waals surface area contributed by atoms with Crippen LogP contribution in [0.5, 0.6) is 0 Å². The van der Waals surface area contributed by atoms with Gasteiger partial charge < -0.3 is 4.74 Å². The molecule has 1 aromatic carbocycles. The fourth-order valence-electron chi connectivity index (χ4n) is 1.04. The van der Waals surface area contributed by atoms with E-state index in [2.05, 4.69) is 9.91 Å². The van der Waals surface area contributed by atoms with E-state index >= 15 is 0 Å². The number of rotatable bonds is 3. The maximum absolute atomic E-state index is 11.1. The van der Waals surface area contributed by atoms with Crippen molar-refractivity contribution in [3.63, 3.8) is 0 Å². The van der Waals surface area contributed by atoms with Crippen LogP contribution in [-0.4, -0.2) is 13.1 Å². The van der Waals surface area contributed by atoms with Crippen LogP contribution in [0.2, 0.25) is 0 Å². The van der Waals surface area contributed by atoms with Crippen molar-refractivity contribution in [2.75, 3.05) is 7.11 Å². The Hall–Kier alpha value is -1.42. The lowest BCUT2D eigenvalue weighted by molar-refractivity contribution is 0.0600. The van der Waals surface area contributed by atoms with Crippen molar-refractivity contribution in [1.82, 2.24) is 0 Å². The molecule has 0 aliphatic heterocycles. The summed E-state index contributed by atoms with van der Waals surface area (Å²) < 4.78 is 4.51. The zero-order valence-electron chi connectivity index (χ0n) is 7.49. The number of nitroso groups, excluding NO2 is 1. The van der Waals surface area contributed by atoms with Crippen LogP contribution < -0.4 is 0 Å². The highest BCUT2D eigenvalue weighted by Gasteiger charge is 2.08. The fraction of sp³-hybridized carbons (Fsp3) is 0.222. The molecule has 0 aliphatic rings. The van der Waals surface area contributed by atoms with Crippen LogP contribution in [0.3, 0.4) is 0 Å². The average molecular weight is 214 g/mol. The second kappa shape index (κ2) is 4.72. The van der Waals surface area contributed by atoms with Gasteiger partial charge in [0, 0.05) is 5.88 Å². The lowest BCUT2D eigenvalue weighted by Crippen LogP contribution is -2.01. The molecule has 1 rings (SSSR count). The van der Waals surface area contributed by atoms with Crippen LogP contribution in [0.4, 0.5) is 5.69 Å². The fourth-order valence-corrected chi connectivity index (χ4v) is 1.19. The minimum absolute atomic E-state index is 0.170. The number of halogens is 1. The number of hydrogen-bond acceptors (Lipinski definition) is 4. The highest BCUT2D eigenvalue weighted by Crippen LogP contribution is 2.19.